The highest BCUT2D eigenvalue weighted by molar-refractivity contribution is 5.88. The number of carbonyl (C=O) groups is 1. The van der Waals surface area contributed by atoms with Gasteiger partial charge in [0, 0.05) is 12.2 Å². The lowest BCUT2D eigenvalue weighted by Gasteiger charge is -2.04. The first-order chi connectivity index (χ1) is 6.15. The van der Waals surface area contributed by atoms with Crippen molar-refractivity contribution >= 4 is 5.97 Å². The molecule has 0 aromatic carbocycles. The van der Waals surface area contributed by atoms with Crippen LogP contribution < -0.4 is 5.73 Å². The van der Waals surface area contributed by atoms with Crippen molar-refractivity contribution in [2.75, 3.05) is 7.11 Å². The summed E-state index contributed by atoms with van der Waals surface area (Å²) in [5.41, 5.74) is 6.79. The number of nitrogens with two attached hydrogens (primary N) is 1. The molecule has 0 fully saturated rings. The van der Waals surface area contributed by atoms with E-state index in [9.17, 15) is 4.79 Å². The van der Waals surface area contributed by atoms with Crippen LogP contribution in [0.5, 0.6) is 0 Å². The van der Waals surface area contributed by atoms with E-state index in [4.69, 9.17) is 5.73 Å². The van der Waals surface area contributed by atoms with Crippen molar-refractivity contribution in [1.29, 1.82) is 0 Å². The molecule has 2 N–H and O–H groups in total. The van der Waals surface area contributed by atoms with Gasteiger partial charge in [0.1, 0.15) is 0 Å². The van der Waals surface area contributed by atoms with Crippen LogP contribution in [0.2, 0.25) is 0 Å². The predicted molar refractivity (Wildman–Crippen MR) is 48.2 cm³/mol. The van der Waals surface area contributed by atoms with Gasteiger partial charge in [0.15, 0.2) is 0 Å². The molecule has 4 heteroatoms. The molecule has 1 unspecified atom stereocenters. The van der Waals surface area contributed by atoms with Crippen LogP contribution in [0.1, 0.15) is 29.0 Å². The highest BCUT2D eigenvalue weighted by Gasteiger charge is 2.06. The molecule has 0 aliphatic rings. The van der Waals surface area contributed by atoms with Gasteiger partial charge in [-0.2, -0.15) is 0 Å². The lowest BCUT2D eigenvalue weighted by atomic mass is 10.2. The zero-order chi connectivity index (χ0) is 9.84. The maximum atomic E-state index is 11.0. The van der Waals surface area contributed by atoms with Crippen LogP contribution in [0.3, 0.4) is 0 Å². The SMILES string of the molecule is COC(=O)c1ccc(C(C)N)nc1. The van der Waals surface area contributed by atoms with Gasteiger partial charge in [0.05, 0.1) is 18.4 Å². The normalized spacial score (nSPS) is 12.2. The van der Waals surface area contributed by atoms with Gasteiger partial charge in [-0.15, -0.1) is 0 Å². The highest BCUT2D eigenvalue weighted by Crippen LogP contribution is 2.07. The number of nitrogens with zero attached hydrogens (tertiary/aromatic N) is 1. The third-order valence-electron chi connectivity index (χ3n) is 1.67. The summed E-state index contributed by atoms with van der Waals surface area (Å²) in [4.78, 5) is 15.0. The van der Waals surface area contributed by atoms with E-state index in [-0.39, 0.29) is 12.0 Å². The first-order valence-corrected chi connectivity index (χ1v) is 3.95. The summed E-state index contributed by atoms with van der Waals surface area (Å²) in [6, 6.07) is 3.25. The maximum absolute atomic E-state index is 11.0. The smallest absolute Gasteiger partial charge is 0.339 e. The van der Waals surface area contributed by atoms with E-state index in [1.54, 1.807) is 12.1 Å². The van der Waals surface area contributed by atoms with E-state index in [0.717, 1.165) is 5.69 Å². The number of hydrogen-bond donors (Lipinski definition) is 1. The van der Waals surface area contributed by atoms with E-state index in [1.165, 1.54) is 13.3 Å². The Bertz CT molecular complexity index is 293. The molecule has 13 heavy (non-hydrogen) atoms. The number of methoxy groups -OCH3 is 1. The molecular weight excluding hydrogens is 168 g/mol. The lowest BCUT2D eigenvalue weighted by Crippen LogP contribution is -2.08. The number of carbonyl (C=O) groups excluding carboxylic acids is 1. The molecule has 70 valence electrons. The van der Waals surface area contributed by atoms with Gasteiger partial charge < -0.3 is 10.5 Å². The van der Waals surface area contributed by atoms with Crippen molar-refractivity contribution in [1.82, 2.24) is 4.98 Å². The van der Waals surface area contributed by atoms with Crippen molar-refractivity contribution in [2.24, 2.45) is 5.73 Å². The molecule has 1 atom stereocenters. The van der Waals surface area contributed by atoms with Gasteiger partial charge in [-0.3, -0.25) is 4.98 Å². The second-order valence-electron chi connectivity index (χ2n) is 2.75. The Hall–Kier alpha value is -1.42. The second kappa shape index (κ2) is 4.00. The summed E-state index contributed by atoms with van der Waals surface area (Å²) < 4.78 is 4.53. The molecule has 0 saturated carbocycles. The van der Waals surface area contributed by atoms with Crippen LogP contribution in [0.15, 0.2) is 18.3 Å². The molecule has 0 spiro atoms. The fraction of sp³-hybridized carbons (Fsp3) is 0.333. The van der Waals surface area contributed by atoms with Crippen molar-refractivity contribution in [2.45, 2.75) is 13.0 Å². The van der Waals surface area contributed by atoms with E-state index in [0.29, 0.717) is 5.56 Å². The molecule has 0 amide bonds. The number of hydrogen-bond acceptors (Lipinski definition) is 4. The Labute approximate surface area is 76.7 Å². The average Bonchev–Trinajstić information content (AvgIpc) is 2.17. The first-order valence-electron chi connectivity index (χ1n) is 3.95. The largest absolute Gasteiger partial charge is 0.465 e. The molecule has 0 radical (unpaired) electrons. The van der Waals surface area contributed by atoms with Crippen molar-refractivity contribution in [3.63, 3.8) is 0 Å². The minimum absolute atomic E-state index is 0.119. The lowest BCUT2D eigenvalue weighted by molar-refractivity contribution is 0.0600. The van der Waals surface area contributed by atoms with E-state index >= 15 is 0 Å². The summed E-state index contributed by atoms with van der Waals surface area (Å²) >= 11 is 0. The highest BCUT2D eigenvalue weighted by atomic mass is 16.5. The Kier molecular flexibility index (Phi) is 2.97. The van der Waals surface area contributed by atoms with Gasteiger partial charge in [0.25, 0.3) is 0 Å². The number of pyridine rings is 1. The second-order valence-corrected chi connectivity index (χ2v) is 2.75. The van der Waals surface area contributed by atoms with Crippen LogP contribution in [0.25, 0.3) is 0 Å². The fourth-order valence-electron chi connectivity index (χ4n) is 0.913. The minimum atomic E-state index is -0.385. The summed E-state index contributed by atoms with van der Waals surface area (Å²) in [5, 5.41) is 0. The van der Waals surface area contributed by atoms with Gasteiger partial charge in [0.2, 0.25) is 0 Å². The van der Waals surface area contributed by atoms with Gasteiger partial charge in [-0.05, 0) is 19.1 Å². The molecule has 4 nitrogen and oxygen atoms in total. The first kappa shape index (κ1) is 9.67. The standard InChI is InChI=1S/C9H12N2O2/c1-6(10)8-4-3-7(5-11-8)9(12)13-2/h3-6H,10H2,1-2H3. The Morgan fingerprint density at radius 1 is 1.62 bits per heavy atom. The van der Waals surface area contributed by atoms with Crippen LogP contribution >= 0.6 is 0 Å². The zero-order valence-electron chi connectivity index (χ0n) is 7.65. The Morgan fingerprint density at radius 3 is 2.69 bits per heavy atom. The molecule has 1 aromatic rings. The maximum Gasteiger partial charge on any atom is 0.339 e. The zero-order valence-corrected chi connectivity index (χ0v) is 7.65. The van der Waals surface area contributed by atoms with Crippen LogP contribution in [0.4, 0.5) is 0 Å². The number of esters is 1. The molecule has 0 saturated heterocycles. The number of rotatable bonds is 2. The van der Waals surface area contributed by atoms with Crippen LogP contribution in [-0.4, -0.2) is 18.1 Å². The van der Waals surface area contributed by atoms with Gasteiger partial charge in [-0.25, -0.2) is 4.79 Å². The van der Waals surface area contributed by atoms with Gasteiger partial charge >= 0.3 is 5.97 Å². The Balaban J connectivity index is 2.87. The third-order valence-corrected chi connectivity index (χ3v) is 1.67. The van der Waals surface area contributed by atoms with Gasteiger partial charge in [-0.1, -0.05) is 0 Å². The molecule has 1 rings (SSSR count). The molecule has 0 aliphatic carbocycles. The van der Waals surface area contributed by atoms with Crippen LogP contribution in [-0.2, 0) is 4.74 Å². The Morgan fingerprint density at radius 2 is 2.31 bits per heavy atom. The molecule has 1 heterocycles. The molecule has 0 bridgehead atoms. The quantitative estimate of drug-likeness (QED) is 0.686. The summed E-state index contributed by atoms with van der Waals surface area (Å²) in [7, 11) is 1.34. The molecular formula is C9H12N2O2. The van der Waals surface area contributed by atoms with E-state index in [2.05, 4.69) is 9.72 Å². The summed E-state index contributed by atoms with van der Waals surface area (Å²) in [5.74, 6) is -0.385. The summed E-state index contributed by atoms with van der Waals surface area (Å²) in [6.45, 7) is 1.83. The topological polar surface area (TPSA) is 65.2 Å². The monoisotopic (exact) mass is 180 g/mol. The van der Waals surface area contributed by atoms with Crippen molar-refractivity contribution < 1.29 is 9.53 Å². The molecule has 0 aliphatic heterocycles. The average molecular weight is 180 g/mol. The van der Waals surface area contributed by atoms with Crippen LogP contribution in [0, 0.1) is 0 Å². The fourth-order valence-corrected chi connectivity index (χ4v) is 0.913. The summed E-state index contributed by atoms with van der Waals surface area (Å²) in [6.07, 6.45) is 1.46. The number of ether oxygens (including phenoxy) is 1. The predicted octanol–water partition coefficient (Wildman–Crippen LogP) is 0.888. The number of aromatic nitrogens is 1. The van der Waals surface area contributed by atoms with E-state index < -0.39 is 0 Å². The third kappa shape index (κ3) is 2.26. The van der Waals surface area contributed by atoms with E-state index in [1.807, 2.05) is 6.92 Å². The van der Waals surface area contributed by atoms with Crippen molar-refractivity contribution in [3.8, 4) is 0 Å². The molecule has 1 aromatic heterocycles. The minimum Gasteiger partial charge on any atom is -0.465 e. The van der Waals surface area contributed by atoms with Crippen molar-refractivity contribution in [3.05, 3.63) is 29.6 Å².